The third-order valence-electron chi connectivity index (χ3n) is 3.31. The molecule has 6 nitrogen and oxygen atoms in total. The van der Waals surface area contributed by atoms with Gasteiger partial charge in [0, 0.05) is 19.0 Å². The highest BCUT2D eigenvalue weighted by Gasteiger charge is 2.27. The van der Waals surface area contributed by atoms with Gasteiger partial charge in [-0.3, -0.25) is 4.79 Å². The molecule has 0 bridgehead atoms. The lowest BCUT2D eigenvalue weighted by Crippen LogP contribution is -2.29. The normalized spacial score (nSPS) is 17.6. The monoisotopic (exact) mass is 297 g/mol. The first-order valence-electron chi connectivity index (χ1n) is 6.49. The number of rotatable bonds is 4. The average molecular weight is 297 g/mol. The number of esters is 1. The third kappa shape index (κ3) is 3.84. The Morgan fingerprint density at radius 1 is 1.48 bits per heavy atom. The van der Waals surface area contributed by atoms with Gasteiger partial charge in [0.05, 0.1) is 20.1 Å². The van der Waals surface area contributed by atoms with Crippen LogP contribution in [-0.4, -0.2) is 48.4 Å². The van der Waals surface area contributed by atoms with Crippen LogP contribution in [0.25, 0.3) is 0 Å². The maximum Gasteiger partial charge on any atom is 0.407 e. The Bertz CT molecular complexity index is 548. The fourth-order valence-corrected chi connectivity index (χ4v) is 2.16. The van der Waals surface area contributed by atoms with Crippen molar-refractivity contribution in [1.82, 2.24) is 4.90 Å². The van der Waals surface area contributed by atoms with E-state index in [1.165, 1.54) is 24.1 Å². The first-order chi connectivity index (χ1) is 9.99. The SMILES string of the molecule is COC(=O)Cc1ccc(O[C@H]2CCN(C(=O)O)C2)cc1F. The van der Waals surface area contributed by atoms with Gasteiger partial charge >= 0.3 is 12.1 Å². The van der Waals surface area contributed by atoms with Gasteiger partial charge in [0.2, 0.25) is 0 Å². The second kappa shape index (κ2) is 6.43. The molecule has 0 aromatic heterocycles. The molecule has 114 valence electrons. The number of carbonyl (C=O) groups is 2. The number of halogens is 1. The van der Waals surface area contributed by atoms with Crippen LogP contribution in [0.1, 0.15) is 12.0 Å². The van der Waals surface area contributed by atoms with Gasteiger partial charge in [-0.2, -0.15) is 0 Å². The van der Waals surface area contributed by atoms with Gasteiger partial charge in [-0.15, -0.1) is 0 Å². The fraction of sp³-hybridized carbons (Fsp3) is 0.429. The summed E-state index contributed by atoms with van der Waals surface area (Å²) in [4.78, 5) is 23.2. The van der Waals surface area contributed by atoms with Crippen molar-refractivity contribution in [2.24, 2.45) is 0 Å². The molecular formula is C14H16FNO5. The predicted molar refractivity (Wildman–Crippen MR) is 70.8 cm³/mol. The topological polar surface area (TPSA) is 76.1 Å². The number of carbonyl (C=O) groups excluding carboxylic acids is 1. The molecule has 0 radical (unpaired) electrons. The second-order valence-electron chi connectivity index (χ2n) is 4.76. The van der Waals surface area contributed by atoms with Gasteiger partial charge in [0.1, 0.15) is 17.7 Å². The quantitative estimate of drug-likeness (QED) is 0.856. The van der Waals surface area contributed by atoms with E-state index in [0.29, 0.717) is 18.7 Å². The minimum atomic E-state index is -0.985. The summed E-state index contributed by atoms with van der Waals surface area (Å²) in [6, 6.07) is 4.22. The standard InChI is InChI=1S/C14H16FNO5/c1-20-13(17)6-9-2-3-10(7-12(9)15)21-11-4-5-16(8-11)14(18)19/h2-3,7,11H,4-6,8H2,1H3,(H,18,19)/t11-/m0/s1. The highest BCUT2D eigenvalue weighted by molar-refractivity contribution is 5.72. The summed E-state index contributed by atoms with van der Waals surface area (Å²) in [6.07, 6.45) is -0.843. The van der Waals surface area contributed by atoms with Gasteiger partial charge in [0.15, 0.2) is 0 Å². The number of hydrogen-bond acceptors (Lipinski definition) is 4. The van der Waals surface area contributed by atoms with Gasteiger partial charge in [0.25, 0.3) is 0 Å². The first-order valence-corrected chi connectivity index (χ1v) is 6.49. The maximum atomic E-state index is 13.8. The largest absolute Gasteiger partial charge is 0.488 e. The Balaban J connectivity index is 1.97. The highest BCUT2D eigenvalue weighted by Crippen LogP contribution is 2.21. The smallest absolute Gasteiger partial charge is 0.407 e. The van der Waals surface area contributed by atoms with Crippen molar-refractivity contribution < 1.29 is 28.6 Å². The number of carboxylic acid groups (broad SMARTS) is 1. The second-order valence-corrected chi connectivity index (χ2v) is 4.76. The van der Waals surface area contributed by atoms with Gasteiger partial charge in [-0.25, -0.2) is 9.18 Å². The van der Waals surface area contributed by atoms with Gasteiger partial charge in [-0.05, 0) is 11.6 Å². The molecule has 0 unspecified atom stereocenters. The van der Waals surface area contributed by atoms with E-state index in [2.05, 4.69) is 4.74 Å². The molecule has 1 fully saturated rings. The first kappa shape index (κ1) is 15.1. The van der Waals surface area contributed by atoms with Crippen LogP contribution in [0.15, 0.2) is 18.2 Å². The van der Waals surface area contributed by atoms with Crippen LogP contribution < -0.4 is 4.74 Å². The molecule has 1 aromatic carbocycles. The summed E-state index contributed by atoms with van der Waals surface area (Å²) in [5.41, 5.74) is 0.229. The lowest BCUT2D eigenvalue weighted by atomic mass is 10.1. The van der Waals surface area contributed by atoms with E-state index in [0.717, 1.165) is 0 Å². The molecule has 0 spiro atoms. The number of likely N-dealkylation sites (tertiary alicyclic amines) is 1. The van der Waals surface area contributed by atoms with E-state index >= 15 is 0 Å². The molecule has 1 saturated heterocycles. The van der Waals surface area contributed by atoms with E-state index in [1.54, 1.807) is 6.07 Å². The van der Waals surface area contributed by atoms with E-state index < -0.39 is 17.9 Å². The minimum absolute atomic E-state index is 0.140. The zero-order valence-electron chi connectivity index (χ0n) is 11.5. The zero-order valence-corrected chi connectivity index (χ0v) is 11.5. The number of methoxy groups -OCH3 is 1. The number of benzene rings is 1. The third-order valence-corrected chi connectivity index (χ3v) is 3.31. The summed E-state index contributed by atoms with van der Waals surface area (Å²) in [7, 11) is 1.24. The van der Waals surface area contributed by atoms with Crippen LogP contribution in [0.4, 0.5) is 9.18 Å². The number of amides is 1. The van der Waals surface area contributed by atoms with Crippen molar-refractivity contribution in [2.75, 3.05) is 20.2 Å². The van der Waals surface area contributed by atoms with Crippen molar-refractivity contribution in [3.8, 4) is 5.75 Å². The van der Waals surface area contributed by atoms with Crippen LogP contribution in [0.3, 0.4) is 0 Å². The maximum absolute atomic E-state index is 13.8. The molecule has 0 saturated carbocycles. The average Bonchev–Trinajstić information content (AvgIpc) is 2.90. The summed E-state index contributed by atoms with van der Waals surface area (Å²) < 4.78 is 23.9. The van der Waals surface area contributed by atoms with Crippen molar-refractivity contribution >= 4 is 12.1 Å². The van der Waals surface area contributed by atoms with E-state index in [-0.39, 0.29) is 24.6 Å². The molecule has 21 heavy (non-hydrogen) atoms. The Labute approximate surface area is 121 Å². The summed E-state index contributed by atoms with van der Waals surface area (Å²) in [5, 5.41) is 8.85. The fourth-order valence-electron chi connectivity index (χ4n) is 2.16. The van der Waals surface area contributed by atoms with Crippen LogP contribution in [0.2, 0.25) is 0 Å². The van der Waals surface area contributed by atoms with E-state index in [1.807, 2.05) is 0 Å². The van der Waals surface area contributed by atoms with Crippen molar-refractivity contribution in [1.29, 1.82) is 0 Å². The molecule has 1 heterocycles. The Morgan fingerprint density at radius 2 is 2.24 bits per heavy atom. The summed E-state index contributed by atoms with van der Waals surface area (Å²) in [5.74, 6) is -0.750. The lowest BCUT2D eigenvalue weighted by molar-refractivity contribution is -0.139. The predicted octanol–water partition coefficient (Wildman–Crippen LogP) is 1.67. The number of nitrogens with zero attached hydrogens (tertiary/aromatic N) is 1. The van der Waals surface area contributed by atoms with Crippen LogP contribution in [0.5, 0.6) is 5.75 Å². The van der Waals surface area contributed by atoms with E-state index in [4.69, 9.17) is 9.84 Å². The highest BCUT2D eigenvalue weighted by atomic mass is 19.1. The summed E-state index contributed by atoms with van der Waals surface area (Å²) in [6.45, 7) is 0.670. The molecular weight excluding hydrogens is 281 g/mol. The molecule has 1 aliphatic rings. The van der Waals surface area contributed by atoms with Gasteiger partial charge in [-0.1, -0.05) is 6.07 Å². The molecule has 1 N–H and O–H groups in total. The molecule has 2 rings (SSSR count). The van der Waals surface area contributed by atoms with Crippen molar-refractivity contribution in [3.05, 3.63) is 29.6 Å². The van der Waals surface area contributed by atoms with Crippen LogP contribution in [0, 0.1) is 5.82 Å². The molecule has 1 amide bonds. The Kier molecular flexibility index (Phi) is 4.62. The Hall–Kier alpha value is -2.31. The number of ether oxygens (including phenoxy) is 2. The van der Waals surface area contributed by atoms with Crippen molar-refractivity contribution in [3.63, 3.8) is 0 Å². The molecule has 1 aliphatic heterocycles. The lowest BCUT2D eigenvalue weighted by Gasteiger charge is -2.15. The summed E-state index contributed by atoms with van der Waals surface area (Å²) >= 11 is 0. The Morgan fingerprint density at radius 3 is 2.81 bits per heavy atom. The minimum Gasteiger partial charge on any atom is -0.488 e. The molecule has 0 aliphatic carbocycles. The van der Waals surface area contributed by atoms with E-state index in [9.17, 15) is 14.0 Å². The zero-order chi connectivity index (χ0) is 15.4. The van der Waals surface area contributed by atoms with Crippen LogP contribution >= 0.6 is 0 Å². The molecule has 1 aromatic rings. The molecule has 7 heteroatoms. The number of hydrogen-bond donors (Lipinski definition) is 1. The van der Waals surface area contributed by atoms with Crippen LogP contribution in [-0.2, 0) is 16.0 Å². The van der Waals surface area contributed by atoms with Crippen molar-refractivity contribution in [2.45, 2.75) is 18.9 Å². The van der Waals surface area contributed by atoms with Gasteiger partial charge < -0.3 is 19.5 Å². The molecule has 1 atom stereocenters.